The highest BCUT2D eigenvalue weighted by Crippen LogP contribution is 2.19. The molecule has 1 aromatic rings. The van der Waals surface area contributed by atoms with Crippen molar-refractivity contribution in [3.05, 3.63) is 23.7 Å². The summed E-state index contributed by atoms with van der Waals surface area (Å²) in [4.78, 5) is 16.5. The maximum Gasteiger partial charge on any atom is 0.323 e. The Kier molecular flexibility index (Phi) is 3.64. The fourth-order valence-corrected chi connectivity index (χ4v) is 1.83. The molecular weight excluding hydrogens is 200 g/mol. The van der Waals surface area contributed by atoms with Gasteiger partial charge >= 0.3 is 5.97 Å². The summed E-state index contributed by atoms with van der Waals surface area (Å²) in [7, 11) is 0. The zero-order valence-electron chi connectivity index (χ0n) is 7.93. The predicted molar refractivity (Wildman–Crippen MR) is 56.9 cm³/mol. The summed E-state index contributed by atoms with van der Waals surface area (Å²) in [5.41, 5.74) is 0.907. The van der Waals surface area contributed by atoms with E-state index in [0.717, 1.165) is 10.8 Å². The van der Waals surface area contributed by atoms with Crippen molar-refractivity contribution in [1.29, 1.82) is 0 Å². The van der Waals surface area contributed by atoms with E-state index in [-0.39, 0.29) is 6.54 Å². The van der Waals surface area contributed by atoms with Crippen molar-refractivity contribution in [3.8, 4) is 0 Å². The highest BCUT2D eigenvalue weighted by molar-refractivity contribution is 7.13. The molecule has 5 heteroatoms. The zero-order chi connectivity index (χ0) is 10.6. The molecule has 0 unspecified atom stereocenters. The van der Waals surface area contributed by atoms with Crippen LogP contribution in [0.5, 0.6) is 0 Å². The molecule has 0 radical (unpaired) electrons. The van der Waals surface area contributed by atoms with E-state index < -0.39 is 5.97 Å². The standard InChI is InChI=1S/C9H12N2O2S/c1-3-4-11(5-8(12)13)9-10-7(2)6-14-9/h3,6H,1,4-5H2,2H3,(H,12,13). The molecule has 0 saturated heterocycles. The quantitative estimate of drug-likeness (QED) is 0.752. The number of hydrogen-bond acceptors (Lipinski definition) is 4. The molecule has 0 saturated carbocycles. The monoisotopic (exact) mass is 212 g/mol. The van der Waals surface area contributed by atoms with Crippen LogP contribution in [0, 0.1) is 6.92 Å². The van der Waals surface area contributed by atoms with E-state index in [1.165, 1.54) is 11.3 Å². The zero-order valence-corrected chi connectivity index (χ0v) is 8.75. The number of thiazole rings is 1. The van der Waals surface area contributed by atoms with Crippen LogP contribution in [0.25, 0.3) is 0 Å². The Morgan fingerprint density at radius 2 is 2.57 bits per heavy atom. The number of nitrogens with zero attached hydrogens (tertiary/aromatic N) is 2. The summed E-state index contributed by atoms with van der Waals surface area (Å²) in [6, 6.07) is 0. The van der Waals surface area contributed by atoms with Crippen molar-refractivity contribution in [2.24, 2.45) is 0 Å². The Morgan fingerprint density at radius 1 is 1.86 bits per heavy atom. The van der Waals surface area contributed by atoms with Gasteiger partial charge in [-0.1, -0.05) is 6.08 Å². The molecule has 0 aliphatic heterocycles. The van der Waals surface area contributed by atoms with E-state index in [2.05, 4.69) is 11.6 Å². The Labute approximate surface area is 86.5 Å². The number of anilines is 1. The van der Waals surface area contributed by atoms with Crippen LogP contribution in [0.2, 0.25) is 0 Å². The first-order valence-corrected chi connectivity index (χ1v) is 5.01. The summed E-state index contributed by atoms with van der Waals surface area (Å²) in [6.45, 7) is 5.92. The van der Waals surface area contributed by atoms with Crippen LogP contribution in [0.15, 0.2) is 18.0 Å². The molecule has 0 aliphatic carbocycles. The van der Waals surface area contributed by atoms with Crippen molar-refractivity contribution in [2.75, 3.05) is 18.0 Å². The van der Waals surface area contributed by atoms with Crippen molar-refractivity contribution in [3.63, 3.8) is 0 Å². The highest BCUT2D eigenvalue weighted by atomic mass is 32.1. The van der Waals surface area contributed by atoms with Gasteiger partial charge in [0, 0.05) is 11.9 Å². The van der Waals surface area contributed by atoms with E-state index in [4.69, 9.17) is 5.11 Å². The molecule has 1 N–H and O–H groups in total. The lowest BCUT2D eigenvalue weighted by Crippen LogP contribution is -2.29. The SMILES string of the molecule is C=CCN(CC(=O)O)c1nc(C)cs1. The van der Waals surface area contributed by atoms with E-state index >= 15 is 0 Å². The molecule has 76 valence electrons. The van der Waals surface area contributed by atoms with Crippen molar-refractivity contribution in [2.45, 2.75) is 6.92 Å². The van der Waals surface area contributed by atoms with Crippen LogP contribution >= 0.6 is 11.3 Å². The number of aromatic nitrogens is 1. The number of hydrogen-bond donors (Lipinski definition) is 1. The van der Waals surface area contributed by atoms with E-state index in [1.807, 2.05) is 12.3 Å². The molecular formula is C9H12N2O2S. The smallest absolute Gasteiger partial charge is 0.323 e. The van der Waals surface area contributed by atoms with Gasteiger partial charge in [-0.25, -0.2) is 4.98 Å². The lowest BCUT2D eigenvalue weighted by molar-refractivity contribution is -0.135. The predicted octanol–water partition coefficient (Wildman–Crippen LogP) is 1.53. The molecule has 1 heterocycles. The van der Waals surface area contributed by atoms with Gasteiger partial charge in [0.15, 0.2) is 5.13 Å². The fourth-order valence-electron chi connectivity index (χ4n) is 1.02. The second kappa shape index (κ2) is 4.76. The number of carboxylic acid groups (broad SMARTS) is 1. The topological polar surface area (TPSA) is 53.4 Å². The Bertz CT molecular complexity index is 335. The summed E-state index contributed by atoms with van der Waals surface area (Å²) < 4.78 is 0. The largest absolute Gasteiger partial charge is 0.480 e. The first-order valence-electron chi connectivity index (χ1n) is 4.13. The van der Waals surface area contributed by atoms with E-state index in [9.17, 15) is 4.79 Å². The molecule has 0 spiro atoms. The molecule has 0 amide bonds. The lowest BCUT2D eigenvalue weighted by Gasteiger charge is -2.16. The number of aliphatic carboxylic acids is 1. The maximum atomic E-state index is 10.6. The minimum Gasteiger partial charge on any atom is -0.480 e. The summed E-state index contributed by atoms with van der Waals surface area (Å²) in [6.07, 6.45) is 1.67. The normalized spacial score (nSPS) is 9.79. The second-order valence-corrected chi connectivity index (χ2v) is 3.67. The van der Waals surface area contributed by atoms with Gasteiger partial charge in [0.2, 0.25) is 0 Å². The Hall–Kier alpha value is -1.36. The molecule has 14 heavy (non-hydrogen) atoms. The average Bonchev–Trinajstić information content (AvgIpc) is 2.50. The molecule has 0 atom stereocenters. The van der Waals surface area contributed by atoms with Gasteiger partial charge in [-0.3, -0.25) is 4.79 Å². The molecule has 0 fully saturated rings. The number of rotatable bonds is 5. The first kappa shape index (κ1) is 10.7. The second-order valence-electron chi connectivity index (χ2n) is 2.83. The first-order chi connectivity index (χ1) is 6.63. The molecule has 4 nitrogen and oxygen atoms in total. The van der Waals surface area contributed by atoms with Crippen molar-refractivity contribution < 1.29 is 9.90 Å². The van der Waals surface area contributed by atoms with Gasteiger partial charge in [-0.15, -0.1) is 17.9 Å². The van der Waals surface area contributed by atoms with Crippen molar-refractivity contribution in [1.82, 2.24) is 4.98 Å². The average molecular weight is 212 g/mol. The lowest BCUT2D eigenvalue weighted by atomic mass is 10.5. The third kappa shape index (κ3) is 2.85. The van der Waals surface area contributed by atoms with Gasteiger partial charge in [0.1, 0.15) is 6.54 Å². The number of carbonyl (C=O) groups is 1. The minimum atomic E-state index is -0.861. The van der Waals surface area contributed by atoms with Gasteiger partial charge in [0.25, 0.3) is 0 Å². The fraction of sp³-hybridized carbons (Fsp3) is 0.333. The van der Waals surface area contributed by atoms with Crippen LogP contribution in [-0.4, -0.2) is 29.1 Å². The molecule has 0 aromatic carbocycles. The number of carboxylic acids is 1. The van der Waals surface area contributed by atoms with E-state index in [0.29, 0.717) is 6.54 Å². The summed E-state index contributed by atoms with van der Waals surface area (Å²) in [5, 5.41) is 11.3. The third-order valence-corrected chi connectivity index (χ3v) is 2.57. The van der Waals surface area contributed by atoms with Gasteiger partial charge in [-0.2, -0.15) is 0 Å². The summed E-state index contributed by atoms with van der Waals surface area (Å²) in [5.74, 6) is -0.861. The van der Waals surface area contributed by atoms with Gasteiger partial charge in [-0.05, 0) is 6.92 Å². The summed E-state index contributed by atoms with van der Waals surface area (Å²) >= 11 is 1.44. The van der Waals surface area contributed by atoms with Crippen LogP contribution in [0.1, 0.15) is 5.69 Å². The van der Waals surface area contributed by atoms with Crippen LogP contribution < -0.4 is 4.90 Å². The van der Waals surface area contributed by atoms with Gasteiger partial charge in [0.05, 0.1) is 5.69 Å². The maximum absolute atomic E-state index is 10.6. The molecule has 0 aliphatic rings. The van der Waals surface area contributed by atoms with Crippen LogP contribution in [-0.2, 0) is 4.79 Å². The molecule has 1 aromatic heterocycles. The number of aryl methyl sites for hydroxylation is 1. The molecule has 0 bridgehead atoms. The van der Waals surface area contributed by atoms with Crippen LogP contribution in [0.4, 0.5) is 5.13 Å². The van der Waals surface area contributed by atoms with Crippen molar-refractivity contribution >= 4 is 22.4 Å². The van der Waals surface area contributed by atoms with Crippen LogP contribution in [0.3, 0.4) is 0 Å². The molecule has 1 rings (SSSR count). The highest BCUT2D eigenvalue weighted by Gasteiger charge is 2.11. The third-order valence-electron chi connectivity index (χ3n) is 1.55. The Balaban J connectivity index is 2.76. The van der Waals surface area contributed by atoms with Gasteiger partial charge < -0.3 is 10.0 Å². The minimum absolute atomic E-state index is 0.0427. The van der Waals surface area contributed by atoms with E-state index in [1.54, 1.807) is 11.0 Å². The Morgan fingerprint density at radius 3 is 3.00 bits per heavy atom.